The first-order chi connectivity index (χ1) is 11.2. The number of fused-ring (bicyclic) bond motifs is 1. The number of methoxy groups -OCH3 is 1. The smallest absolute Gasteiger partial charge is 0.295 e. The van der Waals surface area contributed by atoms with Crippen LogP contribution in [0.25, 0.3) is 23.1 Å². The molecule has 0 N–H and O–H groups in total. The molecule has 114 valence electrons. The van der Waals surface area contributed by atoms with E-state index < -0.39 is 4.92 Å². The van der Waals surface area contributed by atoms with E-state index in [0.717, 1.165) is 16.7 Å². The van der Waals surface area contributed by atoms with E-state index in [4.69, 9.17) is 4.74 Å². The largest absolute Gasteiger partial charge is 0.497 e. The van der Waals surface area contributed by atoms with Gasteiger partial charge in [0.1, 0.15) is 11.3 Å². The second-order valence-electron chi connectivity index (χ2n) is 4.95. The van der Waals surface area contributed by atoms with Crippen molar-refractivity contribution in [1.29, 1.82) is 0 Å². The van der Waals surface area contributed by atoms with Crippen LogP contribution in [-0.4, -0.2) is 17.0 Å². The van der Waals surface area contributed by atoms with Crippen molar-refractivity contribution in [2.45, 2.75) is 0 Å². The number of rotatable bonds is 4. The lowest BCUT2D eigenvalue weighted by Gasteiger charge is -2.01. The van der Waals surface area contributed by atoms with Gasteiger partial charge in [-0.2, -0.15) is 0 Å². The maximum atomic E-state index is 11.1. The Kier molecular flexibility index (Phi) is 4.01. The number of nitrogens with zero attached hydrogens (tertiary/aromatic N) is 2. The van der Waals surface area contributed by atoms with Gasteiger partial charge in [0, 0.05) is 11.5 Å². The summed E-state index contributed by atoms with van der Waals surface area (Å²) in [5.74, 6) is 0.772. The molecule has 0 aliphatic carbocycles. The van der Waals surface area contributed by atoms with Gasteiger partial charge < -0.3 is 4.74 Å². The fourth-order valence-corrected chi connectivity index (χ4v) is 2.31. The van der Waals surface area contributed by atoms with E-state index in [9.17, 15) is 10.1 Å². The summed E-state index contributed by atoms with van der Waals surface area (Å²) in [6.07, 6.45) is 3.72. The molecule has 0 bridgehead atoms. The number of hydrogen-bond donors (Lipinski definition) is 0. The van der Waals surface area contributed by atoms with Gasteiger partial charge in [-0.05, 0) is 29.8 Å². The number of ether oxygens (including phenoxy) is 1. The molecule has 0 amide bonds. The highest BCUT2D eigenvalue weighted by Crippen LogP contribution is 2.24. The average Bonchev–Trinajstić information content (AvgIpc) is 2.59. The Morgan fingerprint density at radius 3 is 2.70 bits per heavy atom. The van der Waals surface area contributed by atoms with Crippen LogP contribution in [-0.2, 0) is 0 Å². The molecule has 5 nitrogen and oxygen atoms in total. The molecule has 1 heterocycles. The third-order valence-electron chi connectivity index (χ3n) is 3.46. The predicted molar refractivity (Wildman–Crippen MR) is 90.3 cm³/mol. The first-order valence-electron chi connectivity index (χ1n) is 7.04. The van der Waals surface area contributed by atoms with Crippen LogP contribution in [0.5, 0.6) is 5.75 Å². The van der Waals surface area contributed by atoms with Crippen molar-refractivity contribution >= 4 is 28.7 Å². The first-order valence-corrected chi connectivity index (χ1v) is 7.04. The van der Waals surface area contributed by atoms with E-state index in [1.165, 1.54) is 6.07 Å². The lowest BCUT2D eigenvalue weighted by atomic mass is 10.1. The maximum Gasteiger partial charge on any atom is 0.295 e. The van der Waals surface area contributed by atoms with Gasteiger partial charge in [0.05, 0.1) is 17.7 Å². The number of nitro groups is 1. The van der Waals surface area contributed by atoms with E-state index in [1.807, 2.05) is 54.6 Å². The quantitative estimate of drug-likeness (QED) is 0.532. The second-order valence-corrected chi connectivity index (χ2v) is 4.95. The molecule has 0 saturated carbocycles. The molecule has 0 atom stereocenters. The average molecular weight is 306 g/mol. The summed E-state index contributed by atoms with van der Waals surface area (Å²) in [5.41, 5.74) is 2.04. The van der Waals surface area contributed by atoms with Gasteiger partial charge in [0.2, 0.25) is 0 Å². The third-order valence-corrected chi connectivity index (χ3v) is 3.46. The van der Waals surface area contributed by atoms with E-state index >= 15 is 0 Å². The van der Waals surface area contributed by atoms with Crippen LogP contribution < -0.4 is 4.74 Å². The molecule has 2 aromatic carbocycles. The molecular formula is C18H14N2O3. The topological polar surface area (TPSA) is 65.3 Å². The number of benzene rings is 2. The summed E-state index contributed by atoms with van der Waals surface area (Å²) in [7, 11) is 1.62. The molecule has 0 saturated heterocycles. The van der Waals surface area contributed by atoms with Crippen LogP contribution in [0.2, 0.25) is 0 Å². The summed E-state index contributed by atoms with van der Waals surface area (Å²) < 4.78 is 5.18. The molecular weight excluding hydrogens is 292 g/mol. The van der Waals surface area contributed by atoms with E-state index in [2.05, 4.69) is 4.98 Å². The van der Waals surface area contributed by atoms with Crippen molar-refractivity contribution in [2.75, 3.05) is 7.11 Å². The number of aromatic nitrogens is 1. The Bertz CT molecular complexity index is 904. The van der Waals surface area contributed by atoms with Crippen LogP contribution in [0.3, 0.4) is 0 Å². The van der Waals surface area contributed by atoms with Crippen molar-refractivity contribution < 1.29 is 9.66 Å². The zero-order valence-electron chi connectivity index (χ0n) is 12.5. The van der Waals surface area contributed by atoms with Crippen LogP contribution in [0.15, 0.2) is 54.6 Å². The van der Waals surface area contributed by atoms with Crippen molar-refractivity contribution in [2.24, 2.45) is 0 Å². The number of nitro benzene ring substituents is 1. The van der Waals surface area contributed by atoms with Gasteiger partial charge in [0.15, 0.2) is 0 Å². The summed E-state index contributed by atoms with van der Waals surface area (Å²) in [6, 6.07) is 16.2. The third kappa shape index (κ3) is 3.18. The Balaban J connectivity index is 1.98. The minimum atomic E-state index is -0.412. The summed E-state index contributed by atoms with van der Waals surface area (Å²) in [4.78, 5) is 15.1. The molecule has 0 unspecified atom stereocenters. The van der Waals surface area contributed by atoms with Crippen molar-refractivity contribution in [3.05, 3.63) is 76.0 Å². The van der Waals surface area contributed by atoms with Gasteiger partial charge in [-0.1, -0.05) is 36.4 Å². The Morgan fingerprint density at radius 1 is 1.09 bits per heavy atom. The molecule has 0 aliphatic heterocycles. The van der Waals surface area contributed by atoms with Crippen molar-refractivity contribution in [1.82, 2.24) is 4.98 Å². The number of para-hydroxylation sites is 1. The highest BCUT2D eigenvalue weighted by Gasteiger charge is 2.12. The molecule has 0 fully saturated rings. The summed E-state index contributed by atoms with van der Waals surface area (Å²) in [6.45, 7) is 0. The highest BCUT2D eigenvalue weighted by molar-refractivity contribution is 5.88. The van der Waals surface area contributed by atoms with Crippen molar-refractivity contribution in [3.63, 3.8) is 0 Å². The van der Waals surface area contributed by atoms with Crippen LogP contribution in [0.4, 0.5) is 5.69 Å². The standard InChI is InChI=1S/C18H14N2O3/c1-23-16-6-2-4-13(12-16)8-10-15-11-9-14-5-3-7-17(20(21)22)18(14)19-15/h2-12H,1H3. The van der Waals surface area contributed by atoms with Crippen LogP contribution in [0, 0.1) is 10.1 Å². The monoisotopic (exact) mass is 306 g/mol. The highest BCUT2D eigenvalue weighted by atomic mass is 16.6. The molecule has 0 aliphatic rings. The maximum absolute atomic E-state index is 11.1. The zero-order chi connectivity index (χ0) is 16.2. The summed E-state index contributed by atoms with van der Waals surface area (Å²) in [5, 5.41) is 11.9. The SMILES string of the molecule is COc1cccc(C=Cc2ccc3cccc([N+](=O)[O-])c3n2)c1. The number of hydrogen-bond acceptors (Lipinski definition) is 4. The van der Waals surface area contributed by atoms with Crippen molar-refractivity contribution in [3.8, 4) is 5.75 Å². The molecule has 23 heavy (non-hydrogen) atoms. The van der Waals surface area contributed by atoms with E-state index in [1.54, 1.807) is 13.2 Å². The van der Waals surface area contributed by atoms with E-state index in [0.29, 0.717) is 11.2 Å². The Labute approximate surface area is 133 Å². The van der Waals surface area contributed by atoms with Gasteiger partial charge >= 0.3 is 0 Å². The predicted octanol–water partition coefficient (Wildman–Crippen LogP) is 4.32. The summed E-state index contributed by atoms with van der Waals surface area (Å²) >= 11 is 0. The Hall–Kier alpha value is -3.21. The molecule has 1 aromatic heterocycles. The number of non-ortho nitro benzene ring substituents is 1. The lowest BCUT2D eigenvalue weighted by molar-refractivity contribution is -0.383. The number of pyridine rings is 1. The van der Waals surface area contributed by atoms with Crippen LogP contribution >= 0.6 is 0 Å². The minimum Gasteiger partial charge on any atom is -0.497 e. The fourth-order valence-electron chi connectivity index (χ4n) is 2.31. The normalized spacial score (nSPS) is 11.0. The van der Waals surface area contributed by atoms with Crippen LogP contribution in [0.1, 0.15) is 11.3 Å². The molecule has 3 aromatic rings. The first kappa shape index (κ1) is 14.7. The van der Waals surface area contributed by atoms with Gasteiger partial charge in [-0.15, -0.1) is 0 Å². The molecule has 0 radical (unpaired) electrons. The minimum absolute atomic E-state index is 0.0131. The van der Waals surface area contributed by atoms with E-state index in [-0.39, 0.29) is 5.69 Å². The zero-order valence-corrected chi connectivity index (χ0v) is 12.5. The Morgan fingerprint density at radius 2 is 1.91 bits per heavy atom. The van der Waals surface area contributed by atoms with Gasteiger partial charge in [-0.3, -0.25) is 10.1 Å². The van der Waals surface area contributed by atoms with Gasteiger partial charge in [0.25, 0.3) is 5.69 Å². The molecule has 3 rings (SSSR count). The molecule has 0 spiro atoms. The fraction of sp³-hybridized carbons (Fsp3) is 0.0556. The lowest BCUT2D eigenvalue weighted by Crippen LogP contribution is -1.92. The molecule has 5 heteroatoms. The van der Waals surface area contributed by atoms with Gasteiger partial charge in [-0.25, -0.2) is 4.98 Å². The second kappa shape index (κ2) is 6.27.